The lowest BCUT2D eigenvalue weighted by Crippen LogP contribution is -2.38. The zero-order valence-electron chi connectivity index (χ0n) is 14.1. The lowest BCUT2D eigenvalue weighted by Gasteiger charge is -2.26. The highest BCUT2D eigenvalue weighted by molar-refractivity contribution is 7.89. The number of hydrogen-bond donors (Lipinski definition) is 0. The third kappa shape index (κ3) is 3.24. The van der Waals surface area contributed by atoms with Crippen molar-refractivity contribution in [2.45, 2.75) is 61.4 Å². The van der Waals surface area contributed by atoms with Gasteiger partial charge in [-0.3, -0.25) is 0 Å². The molecule has 0 spiro atoms. The summed E-state index contributed by atoms with van der Waals surface area (Å²) < 4.78 is 53.7. The first-order valence-corrected chi connectivity index (χ1v) is 11.3. The lowest BCUT2D eigenvalue weighted by molar-refractivity contribution is 0.346. The topological polar surface area (TPSA) is 74.8 Å². The average Bonchev–Trinajstić information content (AvgIpc) is 3.17. The van der Waals surface area contributed by atoms with Crippen LogP contribution in [0.1, 0.15) is 39.5 Å². The molecule has 1 saturated carbocycles. The maximum absolute atomic E-state index is 12.8. The maximum atomic E-state index is 12.8. The summed E-state index contributed by atoms with van der Waals surface area (Å²) in [4.78, 5) is 0.314. The van der Waals surface area contributed by atoms with Gasteiger partial charge in [0.05, 0.1) is 9.79 Å². The third-order valence-corrected chi connectivity index (χ3v) is 8.57. The smallest absolute Gasteiger partial charge is 0.207 e. The van der Waals surface area contributed by atoms with Gasteiger partial charge >= 0.3 is 0 Å². The Morgan fingerprint density at radius 3 is 1.92 bits per heavy atom. The molecule has 1 aliphatic carbocycles. The van der Waals surface area contributed by atoms with Crippen LogP contribution in [-0.2, 0) is 20.0 Å². The second-order valence-electron chi connectivity index (χ2n) is 6.74. The van der Waals surface area contributed by atoms with Gasteiger partial charge in [-0.2, -0.15) is 8.61 Å². The molecule has 0 bridgehead atoms. The monoisotopic (exact) mass is 372 g/mol. The molecule has 8 heteroatoms. The van der Waals surface area contributed by atoms with Crippen LogP contribution < -0.4 is 0 Å². The molecule has 1 heterocycles. The summed E-state index contributed by atoms with van der Waals surface area (Å²) in [6.07, 6.45) is 3.52. The summed E-state index contributed by atoms with van der Waals surface area (Å²) in [5.41, 5.74) is 0. The van der Waals surface area contributed by atoms with Crippen molar-refractivity contribution in [3.05, 3.63) is 24.3 Å². The summed E-state index contributed by atoms with van der Waals surface area (Å²) in [6, 6.07) is 5.60. The highest BCUT2D eigenvalue weighted by atomic mass is 32.2. The molecule has 2 aliphatic rings. The van der Waals surface area contributed by atoms with Gasteiger partial charge in [-0.05, 0) is 63.8 Å². The quantitative estimate of drug-likeness (QED) is 0.766. The van der Waals surface area contributed by atoms with E-state index in [-0.39, 0.29) is 21.9 Å². The van der Waals surface area contributed by atoms with E-state index in [1.54, 1.807) is 0 Å². The molecule has 134 valence electrons. The van der Waals surface area contributed by atoms with Crippen molar-refractivity contribution in [1.29, 1.82) is 0 Å². The molecule has 0 radical (unpaired) electrons. The van der Waals surface area contributed by atoms with Gasteiger partial charge in [0, 0.05) is 25.2 Å². The Hall–Kier alpha value is -0.960. The zero-order valence-corrected chi connectivity index (χ0v) is 15.7. The van der Waals surface area contributed by atoms with E-state index in [4.69, 9.17) is 0 Å². The van der Waals surface area contributed by atoms with Crippen LogP contribution in [0.4, 0.5) is 0 Å². The largest absolute Gasteiger partial charge is 0.243 e. The lowest BCUT2D eigenvalue weighted by atomic mass is 10.4. The van der Waals surface area contributed by atoms with Gasteiger partial charge in [-0.25, -0.2) is 16.8 Å². The molecule has 0 unspecified atom stereocenters. The van der Waals surface area contributed by atoms with Gasteiger partial charge < -0.3 is 0 Å². The van der Waals surface area contributed by atoms with Crippen LogP contribution in [0.15, 0.2) is 34.1 Å². The molecule has 6 nitrogen and oxygen atoms in total. The maximum Gasteiger partial charge on any atom is 0.243 e. The first kappa shape index (κ1) is 17.8. The Kier molecular flexibility index (Phi) is 4.76. The van der Waals surface area contributed by atoms with E-state index < -0.39 is 20.0 Å². The molecule has 1 saturated heterocycles. The third-order valence-electron chi connectivity index (χ3n) is 4.52. The molecular weight excluding hydrogens is 348 g/mol. The Morgan fingerprint density at radius 2 is 1.46 bits per heavy atom. The molecule has 3 rings (SSSR count). The fourth-order valence-corrected chi connectivity index (χ4v) is 6.61. The average molecular weight is 373 g/mol. The highest BCUT2D eigenvalue weighted by Crippen LogP contribution is 2.34. The van der Waals surface area contributed by atoms with E-state index in [2.05, 4.69) is 0 Å². The molecule has 0 atom stereocenters. The van der Waals surface area contributed by atoms with Crippen LogP contribution in [0, 0.1) is 0 Å². The Labute approximate surface area is 144 Å². The fourth-order valence-electron chi connectivity index (χ4n) is 3.21. The molecule has 1 aromatic carbocycles. The second kappa shape index (κ2) is 6.40. The summed E-state index contributed by atoms with van der Waals surface area (Å²) in [5, 5.41) is 0. The van der Waals surface area contributed by atoms with Crippen molar-refractivity contribution in [3.8, 4) is 0 Å². The van der Waals surface area contributed by atoms with Gasteiger partial charge in [0.15, 0.2) is 0 Å². The van der Waals surface area contributed by atoms with E-state index in [1.807, 2.05) is 13.8 Å². The molecule has 0 N–H and O–H groups in total. The highest BCUT2D eigenvalue weighted by Gasteiger charge is 2.39. The van der Waals surface area contributed by atoms with Crippen molar-refractivity contribution >= 4 is 20.0 Å². The number of rotatable bonds is 6. The standard InChI is InChI=1S/C16H24N2O4S2/c1-13(2)18(14-5-6-14)24(21,22)16-9-7-15(8-10-16)23(19,20)17-11-3-4-12-17/h7-10,13-14H,3-6,11-12H2,1-2H3. The first-order valence-electron chi connectivity index (χ1n) is 8.38. The fraction of sp³-hybridized carbons (Fsp3) is 0.625. The summed E-state index contributed by atoms with van der Waals surface area (Å²) in [7, 11) is -7.11. The molecular formula is C16H24N2O4S2. The van der Waals surface area contributed by atoms with Crippen LogP contribution in [0.5, 0.6) is 0 Å². The minimum atomic E-state index is -3.59. The van der Waals surface area contributed by atoms with Gasteiger partial charge in [0.2, 0.25) is 20.0 Å². The summed E-state index contributed by atoms with van der Waals surface area (Å²) >= 11 is 0. The van der Waals surface area contributed by atoms with E-state index in [0.717, 1.165) is 25.7 Å². The van der Waals surface area contributed by atoms with Crippen LogP contribution in [0.3, 0.4) is 0 Å². The zero-order chi connectivity index (χ0) is 17.5. The molecule has 2 fully saturated rings. The van der Waals surface area contributed by atoms with Crippen molar-refractivity contribution < 1.29 is 16.8 Å². The summed E-state index contributed by atoms with van der Waals surface area (Å²) in [5.74, 6) is 0. The number of hydrogen-bond acceptors (Lipinski definition) is 4. The first-order chi connectivity index (χ1) is 11.2. The van der Waals surface area contributed by atoms with Gasteiger partial charge in [0.25, 0.3) is 0 Å². The van der Waals surface area contributed by atoms with Crippen molar-refractivity contribution in [1.82, 2.24) is 8.61 Å². The Morgan fingerprint density at radius 1 is 0.958 bits per heavy atom. The molecule has 24 heavy (non-hydrogen) atoms. The molecule has 0 amide bonds. The van der Waals surface area contributed by atoms with Gasteiger partial charge in [0.1, 0.15) is 0 Å². The predicted octanol–water partition coefficient (Wildman–Crippen LogP) is 2.03. The molecule has 1 aromatic rings. The van der Waals surface area contributed by atoms with Crippen molar-refractivity contribution in [2.75, 3.05) is 13.1 Å². The second-order valence-corrected chi connectivity index (χ2v) is 10.5. The van der Waals surface area contributed by atoms with Gasteiger partial charge in [-0.1, -0.05) is 0 Å². The SMILES string of the molecule is CC(C)N(C1CC1)S(=O)(=O)c1ccc(S(=O)(=O)N2CCCC2)cc1. The van der Waals surface area contributed by atoms with Crippen molar-refractivity contribution in [3.63, 3.8) is 0 Å². The van der Waals surface area contributed by atoms with E-state index in [9.17, 15) is 16.8 Å². The van der Waals surface area contributed by atoms with Crippen LogP contribution in [-0.4, -0.2) is 50.6 Å². The Bertz CT molecular complexity index is 789. The molecule has 0 aromatic heterocycles. The van der Waals surface area contributed by atoms with E-state index in [1.165, 1.54) is 32.9 Å². The van der Waals surface area contributed by atoms with Crippen molar-refractivity contribution in [2.24, 2.45) is 0 Å². The number of nitrogens with zero attached hydrogens (tertiary/aromatic N) is 2. The van der Waals surface area contributed by atoms with Gasteiger partial charge in [-0.15, -0.1) is 0 Å². The predicted molar refractivity (Wildman–Crippen MR) is 91.6 cm³/mol. The molecule has 1 aliphatic heterocycles. The van der Waals surface area contributed by atoms with Crippen LogP contribution >= 0.6 is 0 Å². The number of sulfonamides is 2. The minimum Gasteiger partial charge on any atom is -0.207 e. The normalized spacial score (nSPS) is 20.2. The summed E-state index contributed by atoms with van der Waals surface area (Å²) in [6.45, 7) is 4.79. The van der Waals surface area contributed by atoms with E-state index >= 15 is 0 Å². The number of benzene rings is 1. The van der Waals surface area contributed by atoms with Crippen LogP contribution in [0.2, 0.25) is 0 Å². The Balaban J connectivity index is 1.89. The van der Waals surface area contributed by atoms with Crippen LogP contribution in [0.25, 0.3) is 0 Å². The van der Waals surface area contributed by atoms with E-state index in [0.29, 0.717) is 13.1 Å². The minimum absolute atomic E-state index is 0.0722.